The molecule has 2 aromatic rings. The van der Waals surface area contributed by atoms with Gasteiger partial charge in [-0.15, -0.1) is 0 Å². The average Bonchev–Trinajstić information content (AvgIpc) is 2.50. The van der Waals surface area contributed by atoms with Crippen LogP contribution < -0.4 is 15.4 Å². The number of hydrogen-bond acceptors (Lipinski definition) is 3. The summed E-state index contributed by atoms with van der Waals surface area (Å²) in [7, 11) is 0. The maximum absolute atomic E-state index is 13.4. The van der Waals surface area contributed by atoms with Crippen LogP contribution in [0.15, 0.2) is 36.4 Å². The van der Waals surface area contributed by atoms with Crippen molar-refractivity contribution in [3.05, 3.63) is 53.8 Å². The van der Waals surface area contributed by atoms with Gasteiger partial charge in [-0.3, -0.25) is 0 Å². The topological polar surface area (TPSA) is 70.6 Å². The number of carbonyl (C=O) groups is 1. The van der Waals surface area contributed by atoms with Crippen LogP contribution in [0.4, 0.5) is 23.7 Å². The quantitative estimate of drug-likeness (QED) is 0.596. The zero-order valence-corrected chi connectivity index (χ0v) is 11.9. The summed E-state index contributed by atoms with van der Waals surface area (Å²) >= 11 is 0. The Morgan fingerprint density at radius 1 is 1.09 bits per heavy atom. The van der Waals surface area contributed by atoms with E-state index in [-0.39, 0.29) is 5.75 Å². The SMILES string of the molecule is CC(NC(=O)Nc1ccc(F)c(F)c1F)Oc1ccc(O)cc1. The van der Waals surface area contributed by atoms with Gasteiger partial charge in [0.2, 0.25) is 0 Å². The average molecular weight is 326 g/mol. The molecule has 1 atom stereocenters. The first-order valence-electron chi connectivity index (χ1n) is 6.53. The van der Waals surface area contributed by atoms with Crippen LogP contribution in [0.2, 0.25) is 0 Å². The van der Waals surface area contributed by atoms with Gasteiger partial charge < -0.3 is 20.5 Å². The summed E-state index contributed by atoms with van der Waals surface area (Å²) in [5.41, 5.74) is -0.502. The minimum absolute atomic E-state index is 0.0597. The highest BCUT2D eigenvalue weighted by Crippen LogP contribution is 2.20. The first-order chi connectivity index (χ1) is 10.9. The summed E-state index contributed by atoms with van der Waals surface area (Å²) in [6.07, 6.45) is -0.798. The maximum Gasteiger partial charge on any atom is 0.322 e. The molecule has 0 aliphatic carbocycles. The van der Waals surface area contributed by atoms with Crippen molar-refractivity contribution in [1.29, 1.82) is 0 Å². The third-order valence-corrected chi connectivity index (χ3v) is 2.77. The smallest absolute Gasteiger partial charge is 0.322 e. The highest BCUT2D eigenvalue weighted by atomic mass is 19.2. The second-order valence-corrected chi connectivity index (χ2v) is 4.58. The van der Waals surface area contributed by atoms with Gasteiger partial charge in [-0.25, -0.2) is 18.0 Å². The molecule has 122 valence electrons. The molecular weight excluding hydrogens is 313 g/mol. The number of anilines is 1. The number of urea groups is 1. The van der Waals surface area contributed by atoms with E-state index in [9.17, 15) is 18.0 Å². The van der Waals surface area contributed by atoms with E-state index in [1.54, 1.807) is 0 Å². The minimum Gasteiger partial charge on any atom is -0.508 e. The van der Waals surface area contributed by atoms with E-state index in [0.717, 1.165) is 6.07 Å². The van der Waals surface area contributed by atoms with Crippen molar-refractivity contribution in [3.8, 4) is 11.5 Å². The summed E-state index contributed by atoms with van der Waals surface area (Å²) < 4.78 is 44.6. The van der Waals surface area contributed by atoms with Gasteiger partial charge in [0.1, 0.15) is 11.5 Å². The van der Waals surface area contributed by atoms with Gasteiger partial charge in [0, 0.05) is 0 Å². The Labute approximate surface area is 129 Å². The molecule has 8 heteroatoms. The van der Waals surface area contributed by atoms with E-state index in [0.29, 0.717) is 11.8 Å². The van der Waals surface area contributed by atoms with Crippen LogP contribution in [-0.4, -0.2) is 17.4 Å². The van der Waals surface area contributed by atoms with Crippen LogP contribution in [-0.2, 0) is 0 Å². The van der Waals surface area contributed by atoms with Crippen LogP contribution in [0.5, 0.6) is 11.5 Å². The molecule has 0 fully saturated rings. The first-order valence-corrected chi connectivity index (χ1v) is 6.53. The van der Waals surface area contributed by atoms with E-state index >= 15 is 0 Å². The first kappa shape index (κ1) is 16.5. The normalized spacial score (nSPS) is 11.7. The fraction of sp³-hybridized carbons (Fsp3) is 0.133. The van der Waals surface area contributed by atoms with Crippen LogP contribution in [0.3, 0.4) is 0 Å². The third-order valence-electron chi connectivity index (χ3n) is 2.77. The van der Waals surface area contributed by atoms with Crippen molar-refractivity contribution in [2.75, 3.05) is 5.32 Å². The van der Waals surface area contributed by atoms with Crippen molar-refractivity contribution >= 4 is 11.7 Å². The summed E-state index contributed by atoms with van der Waals surface area (Å²) in [6, 6.07) is 6.52. The Bertz CT molecular complexity index is 708. The Hall–Kier alpha value is -2.90. The highest BCUT2D eigenvalue weighted by molar-refractivity contribution is 5.89. The van der Waals surface area contributed by atoms with Crippen molar-refractivity contribution in [1.82, 2.24) is 5.32 Å². The zero-order valence-electron chi connectivity index (χ0n) is 11.9. The number of ether oxygens (including phenoxy) is 1. The highest BCUT2D eigenvalue weighted by Gasteiger charge is 2.16. The molecule has 0 aliphatic heterocycles. The lowest BCUT2D eigenvalue weighted by Crippen LogP contribution is -2.39. The van der Waals surface area contributed by atoms with Gasteiger partial charge in [0.15, 0.2) is 23.7 Å². The Kier molecular flexibility index (Phi) is 4.95. The maximum atomic E-state index is 13.4. The molecular formula is C15H13F3N2O3. The van der Waals surface area contributed by atoms with Crippen LogP contribution in [0.1, 0.15) is 6.92 Å². The van der Waals surface area contributed by atoms with Gasteiger partial charge in [0.05, 0.1) is 5.69 Å². The molecule has 2 rings (SSSR count). The second kappa shape index (κ2) is 6.91. The fourth-order valence-electron chi connectivity index (χ4n) is 1.72. The molecule has 2 aromatic carbocycles. The molecule has 0 spiro atoms. The number of aromatic hydroxyl groups is 1. The van der Waals surface area contributed by atoms with E-state index in [4.69, 9.17) is 9.84 Å². The van der Waals surface area contributed by atoms with E-state index < -0.39 is 35.4 Å². The molecule has 0 aliphatic rings. The molecule has 2 amide bonds. The van der Waals surface area contributed by atoms with Crippen molar-refractivity contribution < 1.29 is 27.8 Å². The zero-order chi connectivity index (χ0) is 17.0. The number of halogens is 3. The Balaban J connectivity index is 1.94. The number of nitrogens with one attached hydrogen (secondary N) is 2. The van der Waals surface area contributed by atoms with Crippen molar-refractivity contribution in [2.24, 2.45) is 0 Å². The number of hydrogen-bond donors (Lipinski definition) is 3. The van der Waals surface area contributed by atoms with Gasteiger partial charge in [-0.05, 0) is 43.3 Å². The Morgan fingerprint density at radius 3 is 2.39 bits per heavy atom. The van der Waals surface area contributed by atoms with Crippen LogP contribution >= 0.6 is 0 Å². The lowest BCUT2D eigenvalue weighted by molar-refractivity contribution is 0.183. The monoisotopic (exact) mass is 326 g/mol. The summed E-state index contributed by atoms with van der Waals surface area (Å²) in [6.45, 7) is 1.51. The molecule has 0 saturated heterocycles. The van der Waals surface area contributed by atoms with Crippen molar-refractivity contribution in [2.45, 2.75) is 13.2 Å². The molecule has 0 aromatic heterocycles. The fourth-order valence-corrected chi connectivity index (χ4v) is 1.72. The summed E-state index contributed by atoms with van der Waals surface area (Å²) in [5, 5.41) is 13.5. The number of amides is 2. The van der Waals surface area contributed by atoms with Crippen LogP contribution in [0.25, 0.3) is 0 Å². The number of phenols is 1. The molecule has 1 unspecified atom stereocenters. The molecule has 0 heterocycles. The largest absolute Gasteiger partial charge is 0.508 e. The molecule has 0 radical (unpaired) electrons. The number of phenolic OH excluding ortho intramolecular Hbond substituents is 1. The number of rotatable bonds is 4. The predicted octanol–water partition coefficient (Wildman–Crippen LogP) is 3.36. The molecule has 23 heavy (non-hydrogen) atoms. The van der Waals surface area contributed by atoms with Crippen LogP contribution in [0, 0.1) is 17.5 Å². The lowest BCUT2D eigenvalue weighted by atomic mass is 10.3. The Morgan fingerprint density at radius 2 is 1.74 bits per heavy atom. The van der Waals surface area contributed by atoms with Gasteiger partial charge in [-0.2, -0.15) is 0 Å². The number of carbonyl (C=O) groups excluding carboxylic acids is 1. The third kappa shape index (κ3) is 4.29. The van der Waals surface area contributed by atoms with Gasteiger partial charge >= 0.3 is 6.03 Å². The van der Waals surface area contributed by atoms with Crippen molar-refractivity contribution in [3.63, 3.8) is 0 Å². The van der Waals surface area contributed by atoms with E-state index in [1.807, 2.05) is 0 Å². The minimum atomic E-state index is -1.67. The lowest BCUT2D eigenvalue weighted by Gasteiger charge is -2.17. The molecule has 3 N–H and O–H groups in total. The van der Waals surface area contributed by atoms with E-state index in [1.165, 1.54) is 31.2 Å². The molecule has 5 nitrogen and oxygen atoms in total. The van der Waals surface area contributed by atoms with Gasteiger partial charge in [-0.1, -0.05) is 0 Å². The van der Waals surface area contributed by atoms with E-state index in [2.05, 4.69) is 10.6 Å². The predicted molar refractivity (Wildman–Crippen MR) is 76.7 cm³/mol. The second-order valence-electron chi connectivity index (χ2n) is 4.58. The molecule has 0 saturated carbocycles. The standard InChI is InChI=1S/C15H13F3N2O3/c1-8(23-10-4-2-9(21)3-5-10)19-15(22)20-12-7-6-11(16)13(17)14(12)18/h2-8,21H,1H3,(H2,19,20,22). The summed E-state index contributed by atoms with van der Waals surface area (Å²) in [5.74, 6) is -4.07. The van der Waals surface area contributed by atoms with Gasteiger partial charge in [0.25, 0.3) is 0 Å². The summed E-state index contributed by atoms with van der Waals surface area (Å²) in [4.78, 5) is 11.7. The number of benzene rings is 2. The molecule has 0 bridgehead atoms.